The van der Waals surface area contributed by atoms with Gasteiger partial charge in [0.05, 0.1) is 15.8 Å². The normalized spacial score (nSPS) is 15.7. The van der Waals surface area contributed by atoms with Crippen LogP contribution in [0.2, 0.25) is 0 Å². The average Bonchev–Trinajstić information content (AvgIpc) is 3.17. The number of anilines is 4. The monoisotopic (exact) mass is 443 g/mol. The second kappa shape index (κ2) is 8.35. The number of hydrogen-bond acceptors (Lipinski definition) is 7. The van der Waals surface area contributed by atoms with Crippen molar-refractivity contribution in [3.8, 4) is 0 Å². The van der Waals surface area contributed by atoms with Crippen LogP contribution in [-0.4, -0.2) is 47.2 Å². The molecule has 3 heterocycles. The highest BCUT2D eigenvalue weighted by molar-refractivity contribution is 7.94. The van der Waals surface area contributed by atoms with Gasteiger partial charge in [0.15, 0.2) is 0 Å². The molecule has 0 amide bonds. The van der Waals surface area contributed by atoms with Crippen LogP contribution in [0.5, 0.6) is 0 Å². The van der Waals surface area contributed by atoms with Gasteiger partial charge in [-0.3, -0.25) is 4.72 Å². The molecule has 5 N–H and O–H groups in total. The molecule has 3 aromatic rings. The number of fused-ring (bicyclic) bond motifs is 1. The van der Waals surface area contributed by atoms with Crippen molar-refractivity contribution < 1.29 is 8.42 Å². The number of nitrogens with one attached hydrogen (secondary N) is 5. The van der Waals surface area contributed by atoms with Gasteiger partial charge in [0.2, 0.25) is 16.0 Å². The van der Waals surface area contributed by atoms with Gasteiger partial charge in [-0.1, -0.05) is 6.07 Å². The van der Waals surface area contributed by atoms with Crippen LogP contribution in [0.25, 0.3) is 11.0 Å². The molecule has 0 spiro atoms. The number of piperidine rings is 1. The summed E-state index contributed by atoms with van der Waals surface area (Å²) >= 11 is 0. The van der Waals surface area contributed by atoms with Crippen molar-refractivity contribution in [3.63, 3.8) is 0 Å². The third-order valence-electron chi connectivity index (χ3n) is 5.27. The number of aromatic amines is 1. The van der Waals surface area contributed by atoms with Gasteiger partial charge in [0, 0.05) is 17.9 Å². The number of benzene rings is 1. The van der Waals surface area contributed by atoms with Gasteiger partial charge < -0.3 is 20.9 Å². The van der Waals surface area contributed by atoms with E-state index < -0.39 is 14.8 Å². The molecule has 9 nitrogen and oxygen atoms in total. The van der Waals surface area contributed by atoms with Crippen LogP contribution in [0.4, 0.5) is 23.1 Å². The Labute approximate surface area is 182 Å². The second-order valence-electron chi connectivity index (χ2n) is 8.73. The summed E-state index contributed by atoms with van der Waals surface area (Å²) in [5.41, 5.74) is 1.95. The van der Waals surface area contributed by atoms with Crippen LogP contribution in [0, 0.1) is 0 Å². The van der Waals surface area contributed by atoms with Crippen molar-refractivity contribution in [3.05, 3.63) is 36.5 Å². The fourth-order valence-electron chi connectivity index (χ4n) is 3.36. The van der Waals surface area contributed by atoms with Crippen LogP contribution in [0.15, 0.2) is 36.5 Å². The number of rotatable bonds is 6. The predicted octanol–water partition coefficient (Wildman–Crippen LogP) is 3.41. The molecule has 1 aliphatic rings. The van der Waals surface area contributed by atoms with Gasteiger partial charge in [0.1, 0.15) is 11.5 Å². The van der Waals surface area contributed by atoms with Gasteiger partial charge >= 0.3 is 0 Å². The van der Waals surface area contributed by atoms with E-state index >= 15 is 0 Å². The van der Waals surface area contributed by atoms with Crippen LogP contribution in [-0.2, 0) is 10.0 Å². The van der Waals surface area contributed by atoms with E-state index in [1.165, 1.54) is 0 Å². The van der Waals surface area contributed by atoms with E-state index in [-0.39, 0.29) is 0 Å². The van der Waals surface area contributed by atoms with E-state index in [1.807, 2.05) is 18.3 Å². The van der Waals surface area contributed by atoms with Crippen molar-refractivity contribution in [2.75, 3.05) is 28.4 Å². The molecule has 1 fully saturated rings. The summed E-state index contributed by atoms with van der Waals surface area (Å²) in [7, 11) is -3.51. The zero-order valence-electron chi connectivity index (χ0n) is 18.0. The quantitative estimate of drug-likeness (QED) is 0.395. The molecule has 0 radical (unpaired) electrons. The number of hydrogen-bond donors (Lipinski definition) is 5. The predicted molar refractivity (Wildman–Crippen MR) is 125 cm³/mol. The minimum atomic E-state index is -3.51. The number of aromatic nitrogens is 3. The fraction of sp³-hybridized carbons (Fsp3) is 0.429. The lowest BCUT2D eigenvalue weighted by molar-refractivity contribution is 0.477. The Hall–Kier alpha value is -2.85. The maximum Gasteiger partial charge on any atom is 0.237 e. The van der Waals surface area contributed by atoms with E-state index in [9.17, 15) is 8.42 Å². The smallest absolute Gasteiger partial charge is 0.237 e. The Bertz CT molecular complexity index is 1160. The van der Waals surface area contributed by atoms with Crippen LogP contribution in [0.3, 0.4) is 0 Å². The van der Waals surface area contributed by atoms with Crippen molar-refractivity contribution in [2.24, 2.45) is 0 Å². The average molecular weight is 444 g/mol. The molecular formula is C21H29N7O2S. The minimum Gasteiger partial charge on any atom is -0.351 e. The number of sulfonamides is 1. The standard InChI is InChI=1S/C21H29N7O2S/c1-21(2,3)31(29,30)28-16-6-4-5-15(13-16)24-19-17-9-12-23-18(17)26-20(27-19)25-14-7-10-22-11-8-14/h4-6,9,12-14,22,28H,7-8,10-11H2,1-3H3,(H3,23,24,25,26,27). The summed E-state index contributed by atoms with van der Waals surface area (Å²) in [6.45, 7) is 6.95. The molecule has 10 heteroatoms. The summed E-state index contributed by atoms with van der Waals surface area (Å²) in [6, 6.07) is 9.39. The van der Waals surface area contributed by atoms with Crippen molar-refractivity contribution in [2.45, 2.75) is 44.4 Å². The maximum atomic E-state index is 12.5. The van der Waals surface area contributed by atoms with Gasteiger partial charge in [0.25, 0.3) is 0 Å². The van der Waals surface area contributed by atoms with E-state index in [0.29, 0.717) is 23.5 Å². The highest BCUT2D eigenvalue weighted by Gasteiger charge is 2.28. The Morgan fingerprint density at radius 1 is 1.06 bits per heavy atom. The Morgan fingerprint density at radius 3 is 2.55 bits per heavy atom. The second-order valence-corrected chi connectivity index (χ2v) is 11.2. The van der Waals surface area contributed by atoms with Crippen molar-refractivity contribution >= 4 is 44.2 Å². The fourth-order valence-corrected chi connectivity index (χ4v) is 4.10. The van der Waals surface area contributed by atoms with E-state index in [2.05, 4.69) is 30.6 Å². The number of nitrogens with zero attached hydrogens (tertiary/aromatic N) is 2. The first-order valence-corrected chi connectivity index (χ1v) is 11.9. The Morgan fingerprint density at radius 2 is 1.81 bits per heavy atom. The number of H-pyrrole nitrogens is 1. The molecule has 1 saturated heterocycles. The highest BCUT2D eigenvalue weighted by atomic mass is 32.2. The molecule has 1 aliphatic heterocycles. The van der Waals surface area contributed by atoms with Crippen LogP contribution < -0.4 is 20.7 Å². The molecule has 4 rings (SSSR count). The molecule has 0 saturated carbocycles. The van der Waals surface area contributed by atoms with Crippen LogP contribution in [0.1, 0.15) is 33.6 Å². The van der Waals surface area contributed by atoms with E-state index in [1.54, 1.807) is 39.0 Å². The lowest BCUT2D eigenvalue weighted by Crippen LogP contribution is -2.35. The molecule has 0 bridgehead atoms. The third kappa shape index (κ3) is 4.91. The summed E-state index contributed by atoms with van der Waals surface area (Å²) in [4.78, 5) is 12.4. The highest BCUT2D eigenvalue weighted by Crippen LogP contribution is 2.27. The van der Waals surface area contributed by atoms with Gasteiger partial charge in [-0.15, -0.1) is 0 Å². The zero-order chi connectivity index (χ0) is 22.1. The summed E-state index contributed by atoms with van der Waals surface area (Å²) in [5, 5.41) is 11.0. The molecule has 0 aliphatic carbocycles. The van der Waals surface area contributed by atoms with E-state index in [0.717, 1.165) is 42.7 Å². The molecule has 1 aromatic carbocycles. The lowest BCUT2D eigenvalue weighted by atomic mass is 10.1. The van der Waals surface area contributed by atoms with Crippen molar-refractivity contribution in [1.82, 2.24) is 20.3 Å². The topological polar surface area (TPSA) is 124 Å². The first-order chi connectivity index (χ1) is 14.7. The maximum absolute atomic E-state index is 12.5. The minimum absolute atomic E-state index is 0.330. The summed E-state index contributed by atoms with van der Waals surface area (Å²) in [6.07, 6.45) is 3.86. The zero-order valence-corrected chi connectivity index (χ0v) is 18.8. The van der Waals surface area contributed by atoms with Gasteiger partial charge in [-0.25, -0.2) is 8.42 Å². The SMILES string of the molecule is CC(C)(C)S(=O)(=O)Nc1cccc(Nc2nc(NC3CCNCC3)nc3[nH]ccc23)c1. The summed E-state index contributed by atoms with van der Waals surface area (Å²) < 4.78 is 26.7. The third-order valence-corrected chi connectivity index (χ3v) is 7.39. The molecule has 31 heavy (non-hydrogen) atoms. The molecular weight excluding hydrogens is 414 g/mol. The van der Waals surface area contributed by atoms with Gasteiger partial charge in [-0.05, 0) is 71.0 Å². The summed E-state index contributed by atoms with van der Waals surface area (Å²) in [5.74, 6) is 1.22. The van der Waals surface area contributed by atoms with Crippen LogP contribution >= 0.6 is 0 Å². The van der Waals surface area contributed by atoms with Crippen molar-refractivity contribution in [1.29, 1.82) is 0 Å². The Balaban J connectivity index is 1.59. The van der Waals surface area contributed by atoms with E-state index in [4.69, 9.17) is 4.98 Å². The lowest BCUT2D eigenvalue weighted by Gasteiger charge is -2.24. The molecule has 2 aromatic heterocycles. The van der Waals surface area contributed by atoms with Gasteiger partial charge in [-0.2, -0.15) is 9.97 Å². The largest absolute Gasteiger partial charge is 0.351 e. The first kappa shape index (κ1) is 21.4. The Kier molecular flexibility index (Phi) is 5.76. The first-order valence-electron chi connectivity index (χ1n) is 10.4. The molecule has 166 valence electrons. The molecule has 0 atom stereocenters. The molecule has 0 unspecified atom stereocenters.